The molecule has 0 saturated carbocycles. The van der Waals surface area contributed by atoms with Gasteiger partial charge in [0.15, 0.2) is 0 Å². The Labute approximate surface area is 198 Å². The van der Waals surface area contributed by atoms with E-state index >= 15 is 0 Å². The predicted octanol–water partition coefficient (Wildman–Crippen LogP) is 4.76. The summed E-state index contributed by atoms with van der Waals surface area (Å²) in [5, 5.41) is 33.0. The Morgan fingerprint density at radius 1 is 0.452 bits per heavy atom. The molecule has 31 heavy (non-hydrogen) atoms. The van der Waals surface area contributed by atoms with Gasteiger partial charge in [-0.05, 0) is 19.3 Å². The average Bonchev–Trinajstić information content (AvgIpc) is 2.75. The fourth-order valence-electron chi connectivity index (χ4n) is 2.94. The molecule has 0 atom stereocenters. The number of benzene rings is 3. The van der Waals surface area contributed by atoms with Crippen LogP contribution in [0.25, 0.3) is 0 Å². The van der Waals surface area contributed by atoms with Crippen LogP contribution in [0.5, 0.6) is 17.2 Å². The molecule has 3 aromatic rings. The minimum Gasteiger partial charge on any atom is -0.872 e. The van der Waals surface area contributed by atoms with Crippen molar-refractivity contribution in [2.75, 3.05) is 0 Å². The Balaban J connectivity index is 0.000000429. The molecule has 0 saturated heterocycles. The van der Waals surface area contributed by atoms with Gasteiger partial charge in [0, 0.05) is 0 Å². The molecule has 3 nitrogen and oxygen atoms in total. The minimum absolute atomic E-state index is 0. The van der Waals surface area contributed by atoms with Crippen LogP contribution in [0.2, 0.25) is 0 Å². The normalized spacial score (nSPS) is 9.39. The first-order valence-electron chi connectivity index (χ1n) is 10.8. The van der Waals surface area contributed by atoms with Gasteiger partial charge in [-0.25, -0.2) is 0 Å². The van der Waals surface area contributed by atoms with E-state index in [-0.39, 0.29) is 34.6 Å². The van der Waals surface area contributed by atoms with Gasteiger partial charge in [-0.1, -0.05) is 130 Å². The molecular formula is C27H33AlO3. The molecule has 3 aromatic carbocycles. The van der Waals surface area contributed by atoms with Gasteiger partial charge in [0.2, 0.25) is 0 Å². The number of rotatable bonds is 6. The van der Waals surface area contributed by atoms with Crippen LogP contribution in [-0.4, -0.2) is 17.4 Å². The molecule has 0 aliphatic rings. The Hall–Kier alpha value is -2.41. The summed E-state index contributed by atoms with van der Waals surface area (Å²) in [7, 11) is 0. The molecule has 162 valence electrons. The van der Waals surface area contributed by atoms with Crippen molar-refractivity contribution in [3.05, 3.63) is 89.5 Å². The van der Waals surface area contributed by atoms with Gasteiger partial charge in [0.25, 0.3) is 0 Å². The van der Waals surface area contributed by atoms with Gasteiger partial charge in [0.1, 0.15) is 0 Å². The second kappa shape index (κ2) is 17.3. The Bertz CT molecular complexity index is 736. The van der Waals surface area contributed by atoms with Gasteiger partial charge in [-0.2, -0.15) is 0 Å². The van der Waals surface area contributed by atoms with Crippen LogP contribution in [0, 0.1) is 0 Å². The molecule has 0 heterocycles. The van der Waals surface area contributed by atoms with Crippen molar-refractivity contribution >= 4 is 17.4 Å². The summed E-state index contributed by atoms with van der Waals surface area (Å²) >= 11 is 0. The number of hydrogen-bond donors (Lipinski definition) is 0. The summed E-state index contributed by atoms with van der Waals surface area (Å²) in [4.78, 5) is 0. The molecule has 0 aliphatic carbocycles. The maximum absolute atomic E-state index is 11.0. The van der Waals surface area contributed by atoms with E-state index in [1.165, 1.54) is 0 Å². The maximum atomic E-state index is 11.0. The van der Waals surface area contributed by atoms with Crippen molar-refractivity contribution < 1.29 is 15.3 Å². The van der Waals surface area contributed by atoms with Crippen LogP contribution >= 0.6 is 0 Å². The van der Waals surface area contributed by atoms with Crippen molar-refractivity contribution in [3.63, 3.8) is 0 Å². The largest absolute Gasteiger partial charge is 3.00 e. The van der Waals surface area contributed by atoms with Crippen LogP contribution in [0.4, 0.5) is 0 Å². The molecule has 0 radical (unpaired) electrons. The van der Waals surface area contributed by atoms with E-state index in [1.807, 2.05) is 36.4 Å². The molecule has 0 fully saturated rings. The second-order valence-corrected chi connectivity index (χ2v) is 7.07. The Morgan fingerprint density at radius 2 is 0.677 bits per heavy atom. The van der Waals surface area contributed by atoms with Crippen LogP contribution in [0.15, 0.2) is 72.8 Å². The first-order chi connectivity index (χ1) is 14.5. The molecule has 0 N–H and O–H groups in total. The molecular weight excluding hydrogens is 399 g/mol. The van der Waals surface area contributed by atoms with Crippen LogP contribution in [0.1, 0.15) is 56.7 Å². The smallest absolute Gasteiger partial charge is 0.872 e. The van der Waals surface area contributed by atoms with Crippen molar-refractivity contribution in [1.29, 1.82) is 0 Å². The molecule has 0 bridgehead atoms. The zero-order chi connectivity index (χ0) is 22.2. The second-order valence-electron chi connectivity index (χ2n) is 7.07. The van der Waals surface area contributed by atoms with E-state index in [9.17, 15) is 15.3 Å². The molecule has 0 amide bonds. The summed E-state index contributed by atoms with van der Waals surface area (Å²) in [5.41, 5.74) is 2.81. The predicted molar refractivity (Wildman–Crippen MR) is 125 cm³/mol. The topological polar surface area (TPSA) is 69.2 Å². The maximum Gasteiger partial charge on any atom is 3.00 e. The standard InChI is InChI=1S/3C9H12O.Al/c3*1-2-5-8-6-3-4-7-9(8)10;/h3*3-4,6-7,10H,2,5H2,1H3;/q;;;+3/p-3. The van der Waals surface area contributed by atoms with Crippen molar-refractivity contribution in [1.82, 2.24) is 0 Å². The first-order valence-corrected chi connectivity index (χ1v) is 10.8. The van der Waals surface area contributed by atoms with E-state index in [2.05, 4.69) is 20.8 Å². The van der Waals surface area contributed by atoms with Crippen LogP contribution in [0.3, 0.4) is 0 Å². The van der Waals surface area contributed by atoms with Gasteiger partial charge in [-0.15, -0.1) is 17.2 Å². The van der Waals surface area contributed by atoms with E-state index in [0.717, 1.165) is 55.2 Å². The van der Waals surface area contributed by atoms with Crippen LogP contribution < -0.4 is 15.3 Å². The van der Waals surface area contributed by atoms with Gasteiger partial charge in [-0.3, -0.25) is 0 Å². The zero-order valence-electron chi connectivity index (χ0n) is 19.0. The fraction of sp³-hybridized carbons (Fsp3) is 0.333. The Morgan fingerprint density at radius 3 is 0.871 bits per heavy atom. The summed E-state index contributed by atoms with van der Waals surface area (Å²) in [5.74, 6) is 0.512. The number of aryl methyl sites for hydroxylation is 3. The molecule has 0 spiro atoms. The molecule has 3 rings (SSSR count). The van der Waals surface area contributed by atoms with E-state index < -0.39 is 0 Å². The third kappa shape index (κ3) is 11.5. The third-order valence-corrected chi connectivity index (χ3v) is 4.48. The molecule has 0 aromatic heterocycles. The summed E-state index contributed by atoms with van der Waals surface area (Å²) in [6, 6.07) is 21.6. The Kier molecular flexibility index (Phi) is 15.9. The van der Waals surface area contributed by atoms with Gasteiger partial charge >= 0.3 is 17.4 Å². The van der Waals surface area contributed by atoms with E-state index in [0.29, 0.717) is 0 Å². The fourth-order valence-corrected chi connectivity index (χ4v) is 2.94. The van der Waals surface area contributed by atoms with Crippen molar-refractivity contribution in [3.8, 4) is 17.2 Å². The quantitative estimate of drug-likeness (QED) is 0.528. The van der Waals surface area contributed by atoms with Gasteiger partial charge in [0.05, 0.1) is 0 Å². The average molecular weight is 433 g/mol. The monoisotopic (exact) mass is 432 g/mol. The zero-order valence-corrected chi connectivity index (χ0v) is 20.1. The summed E-state index contributed by atoms with van der Waals surface area (Å²) < 4.78 is 0. The third-order valence-electron chi connectivity index (χ3n) is 4.48. The van der Waals surface area contributed by atoms with E-state index in [4.69, 9.17) is 0 Å². The van der Waals surface area contributed by atoms with E-state index in [1.54, 1.807) is 36.4 Å². The van der Waals surface area contributed by atoms with Crippen molar-refractivity contribution in [2.45, 2.75) is 59.3 Å². The number of hydrogen-bond acceptors (Lipinski definition) is 3. The first kappa shape index (κ1) is 28.6. The molecule has 4 heteroatoms. The summed E-state index contributed by atoms with van der Waals surface area (Å²) in [6.45, 7) is 6.23. The van der Waals surface area contributed by atoms with Gasteiger partial charge < -0.3 is 15.3 Å². The minimum atomic E-state index is 0. The molecule has 0 unspecified atom stereocenters. The van der Waals surface area contributed by atoms with Crippen molar-refractivity contribution in [2.24, 2.45) is 0 Å². The van der Waals surface area contributed by atoms with Crippen LogP contribution in [-0.2, 0) is 19.3 Å². The summed E-state index contributed by atoms with van der Waals surface area (Å²) in [6.07, 6.45) is 5.83. The SMILES string of the molecule is CCCc1ccccc1[O-].CCCc1ccccc1[O-].CCCc1ccccc1[O-].[Al+3]. The number of para-hydroxylation sites is 3. The molecule has 0 aliphatic heterocycles.